The smallest absolute Gasteiger partial charge is 0.227 e. The number of hydrogen-bond acceptors (Lipinski definition) is 5. The monoisotopic (exact) mass is 370 g/mol. The number of rotatable bonds is 8. The molecule has 2 rings (SSSR count). The summed E-state index contributed by atoms with van der Waals surface area (Å²) in [5.74, 6) is 0.228. The van der Waals surface area contributed by atoms with Crippen LogP contribution in [0.5, 0.6) is 11.5 Å². The van der Waals surface area contributed by atoms with Gasteiger partial charge < -0.3 is 24.4 Å². The first-order valence-electron chi connectivity index (χ1n) is 8.00. The molecule has 0 radical (unpaired) electrons. The van der Waals surface area contributed by atoms with Crippen molar-refractivity contribution >= 4 is 29.1 Å². The van der Waals surface area contributed by atoms with Crippen LogP contribution in [0.1, 0.15) is 12.8 Å². The topological polar surface area (TPSA) is 77.1 Å². The number of hydrogen-bond donors (Lipinski definition) is 1. The second-order valence-electron chi connectivity index (χ2n) is 5.70. The van der Waals surface area contributed by atoms with E-state index >= 15 is 0 Å². The maximum Gasteiger partial charge on any atom is 0.227 e. The van der Waals surface area contributed by atoms with Gasteiger partial charge >= 0.3 is 0 Å². The Morgan fingerprint density at radius 2 is 2.00 bits per heavy atom. The number of nitrogens with zero attached hydrogens (tertiary/aromatic N) is 1. The summed E-state index contributed by atoms with van der Waals surface area (Å²) >= 11 is 6.10. The van der Waals surface area contributed by atoms with Gasteiger partial charge in [-0.15, -0.1) is 0 Å². The first-order chi connectivity index (χ1) is 12.0. The van der Waals surface area contributed by atoms with Crippen LogP contribution in [0.3, 0.4) is 0 Å². The Kier molecular flexibility index (Phi) is 6.90. The van der Waals surface area contributed by atoms with Gasteiger partial charge in [-0.25, -0.2) is 0 Å². The van der Waals surface area contributed by atoms with E-state index in [4.69, 9.17) is 25.8 Å². The second-order valence-corrected chi connectivity index (χ2v) is 6.11. The van der Waals surface area contributed by atoms with Crippen LogP contribution in [-0.4, -0.2) is 52.8 Å². The van der Waals surface area contributed by atoms with Gasteiger partial charge in [0.2, 0.25) is 11.8 Å². The fraction of sp³-hybridized carbons (Fsp3) is 0.529. The highest BCUT2D eigenvalue weighted by Crippen LogP contribution is 2.40. The summed E-state index contributed by atoms with van der Waals surface area (Å²) in [6.45, 7) is 1.39. The van der Waals surface area contributed by atoms with E-state index in [1.54, 1.807) is 19.2 Å². The molecule has 0 aliphatic carbocycles. The third-order valence-corrected chi connectivity index (χ3v) is 4.36. The van der Waals surface area contributed by atoms with Crippen molar-refractivity contribution in [2.75, 3.05) is 45.9 Å². The number of halogens is 1. The predicted octanol–water partition coefficient (Wildman–Crippen LogP) is 1.86. The highest BCUT2D eigenvalue weighted by molar-refractivity contribution is 6.32. The summed E-state index contributed by atoms with van der Waals surface area (Å²) in [7, 11) is 4.62. The molecule has 2 amide bonds. The number of carbonyl (C=O) groups is 2. The highest BCUT2D eigenvalue weighted by Gasteiger charge is 2.36. The van der Waals surface area contributed by atoms with Crippen molar-refractivity contribution in [3.8, 4) is 11.5 Å². The highest BCUT2D eigenvalue weighted by atomic mass is 35.5. The SMILES string of the molecule is COCCCNC(=O)C1CC(=O)N(c2cc(OC)c(Cl)cc2OC)C1. The Hall–Kier alpha value is -1.99. The van der Waals surface area contributed by atoms with Gasteiger partial charge in [-0.2, -0.15) is 0 Å². The molecule has 138 valence electrons. The normalized spacial score (nSPS) is 16.9. The summed E-state index contributed by atoms with van der Waals surface area (Å²) < 4.78 is 15.5. The van der Waals surface area contributed by atoms with Crippen molar-refractivity contribution in [3.05, 3.63) is 17.2 Å². The number of benzene rings is 1. The fourth-order valence-electron chi connectivity index (χ4n) is 2.74. The summed E-state index contributed by atoms with van der Waals surface area (Å²) in [6, 6.07) is 3.25. The van der Waals surface area contributed by atoms with E-state index in [2.05, 4.69) is 5.32 Å². The molecule has 0 saturated carbocycles. The molecule has 25 heavy (non-hydrogen) atoms. The van der Waals surface area contributed by atoms with Gasteiger partial charge in [-0.3, -0.25) is 9.59 Å². The minimum Gasteiger partial charge on any atom is -0.495 e. The molecule has 1 saturated heterocycles. The minimum absolute atomic E-state index is 0.133. The molecular weight excluding hydrogens is 348 g/mol. The van der Waals surface area contributed by atoms with Crippen LogP contribution in [0.25, 0.3) is 0 Å². The zero-order chi connectivity index (χ0) is 18.4. The average Bonchev–Trinajstić information content (AvgIpc) is 3.00. The van der Waals surface area contributed by atoms with Crippen LogP contribution in [0.2, 0.25) is 5.02 Å². The second kappa shape index (κ2) is 8.92. The number of methoxy groups -OCH3 is 3. The minimum atomic E-state index is -0.401. The first kappa shape index (κ1) is 19.3. The van der Waals surface area contributed by atoms with Gasteiger partial charge in [0.25, 0.3) is 0 Å². The van der Waals surface area contributed by atoms with Crippen molar-refractivity contribution in [2.45, 2.75) is 12.8 Å². The molecule has 1 fully saturated rings. The van der Waals surface area contributed by atoms with Crippen LogP contribution in [0.4, 0.5) is 5.69 Å². The largest absolute Gasteiger partial charge is 0.495 e. The molecule has 1 aliphatic heterocycles. The summed E-state index contributed by atoms with van der Waals surface area (Å²) in [5.41, 5.74) is 0.545. The summed E-state index contributed by atoms with van der Waals surface area (Å²) in [4.78, 5) is 26.2. The summed E-state index contributed by atoms with van der Waals surface area (Å²) in [6.07, 6.45) is 0.888. The molecule has 0 aromatic heterocycles. The van der Waals surface area contributed by atoms with E-state index in [0.717, 1.165) is 6.42 Å². The Morgan fingerprint density at radius 3 is 2.64 bits per heavy atom. The lowest BCUT2D eigenvalue weighted by molar-refractivity contribution is -0.126. The Balaban J connectivity index is 2.11. The number of carbonyl (C=O) groups excluding carboxylic acids is 2. The van der Waals surface area contributed by atoms with E-state index in [9.17, 15) is 9.59 Å². The summed E-state index contributed by atoms with van der Waals surface area (Å²) in [5, 5.41) is 3.23. The number of nitrogens with one attached hydrogen (secondary N) is 1. The molecule has 7 nitrogen and oxygen atoms in total. The fourth-order valence-corrected chi connectivity index (χ4v) is 2.97. The molecule has 0 bridgehead atoms. The standard InChI is InChI=1S/C17H23ClN2O5/c1-23-6-4-5-19-17(22)11-7-16(21)20(10-11)13-9-14(24-2)12(18)8-15(13)25-3/h8-9,11H,4-7,10H2,1-3H3,(H,19,22). The van der Waals surface area contributed by atoms with E-state index in [-0.39, 0.29) is 24.8 Å². The molecule has 1 N–H and O–H groups in total. The maximum absolute atomic E-state index is 12.4. The van der Waals surface area contributed by atoms with Crippen LogP contribution >= 0.6 is 11.6 Å². The van der Waals surface area contributed by atoms with Crippen LogP contribution in [0.15, 0.2) is 12.1 Å². The zero-order valence-corrected chi connectivity index (χ0v) is 15.4. The average molecular weight is 371 g/mol. The third kappa shape index (κ3) is 4.55. The number of anilines is 1. The van der Waals surface area contributed by atoms with Gasteiger partial charge in [0.05, 0.1) is 30.8 Å². The van der Waals surface area contributed by atoms with Gasteiger partial charge in [0.1, 0.15) is 11.5 Å². The van der Waals surface area contributed by atoms with E-state index < -0.39 is 5.92 Å². The zero-order valence-electron chi connectivity index (χ0n) is 14.6. The van der Waals surface area contributed by atoms with Crippen molar-refractivity contribution in [3.63, 3.8) is 0 Å². The molecule has 1 aromatic carbocycles. The Morgan fingerprint density at radius 1 is 1.28 bits per heavy atom. The van der Waals surface area contributed by atoms with E-state index in [1.165, 1.54) is 19.1 Å². The van der Waals surface area contributed by atoms with Gasteiger partial charge in [0, 0.05) is 45.4 Å². The molecule has 1 unspecified atom stereocenters. The van der Waals surface area contributed by atoms with Crippen molar-refractivity contribution in [1.29, 1.82) is 0 Å². The Bertz CT molecular complexity index is 638. The molecule has 1 heterocycles. The van der Waals surface area contributed by atoms with Crippen LogP contribution < -0.4 is 19.7 Å². The van der Waals surface area contributed by atoms with Crippen molar-refractivity contribution in [2.24, 2.45) is 5.92 Å². The predicted molar refractivity (Wildman–Crippen MR) is 94.5 cm³/mol. The van der Waals surface area contributed by atoms with E-state index in [0.29, 0.717) is 35.4 Å². The van der Waals surface area contributed by atoms with Crippen molar-refractivity contribution in [1.82, 2.24) is 5.32 Å². The Labute approximate surface area is 152 Å². The third-order valence-electron chi connectivity index (χ3n) is 4.06. The lowest BCUT2D eigenvalue weighted by atomic mass is 10.1. The van der Waals surface area contributed by atoms with Gasteiger partial charge in [-0.1, -0.05) is 11.6 Å². The lowest BCUT2D eigenvalue weighted by Gasteiger charge is -2.21. The molecular formula is C17H23ClN2O5. The van der Waals surface area contributed by atoms with Crippen LogP contribution in [-0.2, 0) is 14.3 Å². The van der Waals surface area contributed by atoms with Crippen molar-refractivity contribution < 1.29 is 23.8 Å². The molecule has 8 heteroatoms. The molecule has 0 spiro atoms. The quantitative estimate of drug-likeness (QED) is 0.707. The van der Waals surface area contributed by atoms with Crippen LogP contribution in [0, 0.1) is 5.92 Å². The van der Waals surface area contributed by atoms with Gasteiger partial charge in [0.15, 0.2) is 0 Å². The lowest BCUT2D eigenvalue weighted by Crippen LogP contribution is -2.33. The molecule has 1 aliphatic rings. The van der Waals surface area contributed by atoms with Gasteiger partial charge in [-0.05, 0) is 6.42 Å². The number of ether oxygens (including phenoxy) is 3. The number of amides is 2. The molecule has 1 aromatic rings. The first-order valence-corrected chi connectivity index (χ1v) is 8.38. The van der Waals surface area contributed by atoms with E-state index in [1.807, 2.05) is 0 Å². The maximum atomic E-state index is 12.4. The molecule has 1 atom stereocenters.